The first-order chi connectivity index (χ1) is 19.6. The van der Waals surface area contributed by atoms with Crippen LogP contribution in [0.2, 0.25) is 0 Å². The van der Waals surface area contributed by atoms with Crippen LogP contribution in [-0.4, -0.2) is 9.55 Å². The minimum atomic E-state index is -4.68. The molecule has 3 nitrogen and oxygen atoms in total. The van der Waals surface area contributed by atoms with Crippen LogP contribution in [0.15, 0.2) is 103 Å². The lowest BCUT2D eigenvalue weighted by Gasteiger charge is -2.18. The van der Waals surface area contributed by atoms with Crippen LogP contribution >= 0.6 is 0 Å². The van der Waals surface area contributed by atoms with Crippen LogP contribution in [0.4, 0.5) is 26.3 Å². The number of fused-ring (bicyclic) bond motifs is 3. The van der Waals surface area contributed by atoms with E-state index in [0.717, 1.165) is 24.3 Å². The second-order valence-electron chi connectivity index (χ2n) is 9.42. The van der Waals surface area contributed by atoms with Crippen molar-refractivity contribution in [1.82, 2.24) is 9.55 Å². The summed E-state index contributed by atoms with van der Waals surface area (Å²) in [4.78, 5) is 4.02. The molecule has 41 heavy (non-hydrogen) atoms. The van der Waals surface area contributed by atoms with E-state index < -0.39 is 23.5 Å². The number of halogens is 6. The highest BCUT2D eigenvalue weighted by Gasteiger charge is 2.33. The third kappa shape index (κ3) is 4.57. The standard InChI is InChI=1S/C32H17F6N3/c33-31(34,35)22-6-8-24-25-9-7-23(32(36,37)38)16-30(25)41(29(24)15-22)28-14-21(18-39)26(20-10-12-40-13-11-20)17-27(28)19-4-2-1-3-5-19/h1-17H. The van der Waals surface area contributed by atoms with Gasteiger partial charge in [0.15, 0.2) is 0 Å². The zero-order chi connectivity index (χ0) is 28.9. The van der Waals surface area contributed by atoms with E-state index in [1.54, 1.807) is 60.9 Å². The summed E-state index contributed by atoms with van der Waals surface area (Å²) in [7, 11) is 0. The van der Waals surface area contributed by atoms with E-state index in [1.807, 2.05) is 0 Å². The van der Waals surface area contributed by atoms with Crippen LogP contribution in [0.3, 0.4) is 0 Å². The summed E-state index contributed by atoms with van der Waals surface area (Å²) in [6, 6.07) is 24.0. The molecule has 0 saturated carbocycles. The average Bonchev–Trinajstić information content (AvgIpc) is 3.29. The van der Waals surface area contributed by atoms with Gasteiger partial charge in [-0.1, -0.05) is 42.5 Å². The topological polar surface area (TPSA) is 41.6 Å². The molecule has 0 radical (unpaired) electrons. The summed E-state index contributed by atoms with van der Waals surface area (Å²) in [5.41, 5.74) is 1.11. The predicted octanol–water partition coefficient (Wildman–Crippen LogP) is 9.42. The van der Waals surface area contributed by atoms with Gasteiger partial charge in [-0.2, -0.15) is 31.6 Å². The van der Waals surface area contributed by atoms with Crippen molar-refractivity contribution in [2.45, 2.75) is 12.4 Å². The van der Waals surface area contributed by atoms with Gasteiger partial charge in [0, 0.05) is 34.3 Å². The quantitative estimate of drug-likeness (QED) is 0.204. The van der Waals surface area contributed by atoms with Gasteiger partial charge in [0.25, 0.3) is 0 Å². The van der Waals surface area contributed by atoms with E-state index in [1.165, 1.54) is 22.8 Å². The van der Waals surface area contributed by atoms with Crippen molar-refractivity contribution < 1.29 is 26.3 Å². The second-order valence-corrected chi connectivity index (χ2v) is 9.42. The molecule has 0 atom stereocenters. The fourth-order valence-corrected chi connectivity index (χ4v) is 5.12. The molecule has 2 heterocycles. The fourth-order valence-electron chi connectivity index (χ4n) is 5.12. The second kappa shape index (κ2) is 9.52. The Morgan fingerprint density at radius 1 is 0.610 bits per heavy atom. The van der Waals surface area contributed by atoms with Crippen molar-refractivity contribution in [3.8, 4) is 34.0 Å². The van der Waals surface area contributed by atoms with Gasteiger partial charge >= 0.3 is 12.4 Å². The normalized spacial score (nSPS) is 12.1. The molecule has 0 aliphatic heterocycles. The van der Waals surface area contributed by atoms with Gasteiger partial charge in [0.2, 0.25) is 0 Å². The molecule has 0 aliphatic rings. The third-order valence-electron chi connectivity index (χ3n) is 7.00. The van der Waals surface area contributed by atoms with E-state index in [0.29, 0.717) is 33.0 Å². The number of hydrogen-bond donors (Lipinski definition) is 0. The number of aromatic nitrogens is 2. The van der Waals surface area contributed by atoms with E-state index in [9.17, 15) is 31.6 Å². The monoisotopic (exact) mass is 557 g/mol. The molecule has 0 saturated heterocycles. The largest absolute Gasteiger partial charge is 0.416 e. The summed E-state index contributed by atoms with van der Waals surface area (Å²) >= 11 is 0. The number of nitrogens with zero attached hydrogens (tertiary/aromatic N) is 3. The van der Waals surface area contributed by atoms with Crippen molar-refractivity contribution >= 4 is 21.8 Å². The van der Waals surface area contributed by atoms with E-state index in [4.69, 9.17) is 0 Å². The van der Waals surface area contributed by atoms with Crippen molar-refractivity contribution in [2.75, 3.05) is 0 Å². The van der Waals surface area contributed by atoms with Gasteiger partial charge in [-0.15, -0.1) is 0 Å². The van der Waals surface area contributed by atoms with E-state index in [2.05, 4.69) is 11.1 Å². The molecule has 9 heteroatoms. The van der Waals surface area contributed by atoms with Crippen LogP contribution in [0.1, 0.15) is 16.7 Å². The third-order valence-corrected chi connectivity index (χ3v) is 7.00. The molecule has 6 aromatic rings. The van der Waals surface area contributed by atoms with Crippen molar-refractivity contribution in [3.05, 3.63) is 120 Å². The Morgan fingerprint density at radius 3 is 1.66 bits per heavy atom. The fraction of sp³-hybridized carbons (Fsp3) is 0.0625. The molecular weight excluding hydrogens is 540 g/mol. The minimum absolute atomic E-state index is 0.0619. The predicted molar refractivity (Wildman–Crippen MR) is 144 cm³/mol. The summed E-state index contributed by atoms with van der Waals surface area (Å²) in [6.45, 7) is 0. The van der Waals surface area contributed by atoms with Crippen LogP contribution < -0.4 is 0 Å². The van der Waals surface area contributed by atoms with Crippen molar-refractivity contribution in [3.63, 3.8) is 0 Å². The zero-order valence-electron chi connectivity index (χ0n) is 20.9. The number of benzene rings is 4. The maximum Gasteiger partial charge on any atom is 0.416 e. The first kappa shape index (κ1) is 26.1. The highest BCUT2D eigenvalue weighted by Crippen LogP contribution is 2.42. The molecule has 0 spiro atoms. The van der Waals surface area contributed by atoms with Crippen LogP contribution in [-0.2, 0) is 12.4 Å². The summed E-state index contributed by atoms with van der Waals surface area (Å²) in [6.07, 6.45) is -6.23. The van der Waals surface area contributed by atoms with Gasteiger partial charge in [-0.05, 0) is 59.7 Å². The van der Waals surface area contributed by atoms with Gasteiger partial charge in [0.05, 0.1) is 39.5 Å². The highest BCUT2D eigenvalue weighted by molar-refractivity contribution is 6.10. The Bertz CT molecular complexity index is 1890. The molecule has 0 amide bonds. The lowest BCUT2D eigenvalue weighted by molar-refractivity contribution is -0.138. The Kier molecular flexibility index (Phi) is 6.07. The van der Waals surface area contributed by atoms with E-state index in [-0.39, 0.29) is 22.3 Å². The zero-order valence-corrected chi connectivity index (χ0v) is 20.9. The Hall–Kier alpha value is -5.10. The van der Waals surface area contributed by atoms with Crippen LogP contribution in [0.5, 0.6) is 0 Å². The Balaban J connectivity index is 1.79. The molecule has 0 N–H and O–H groups in total. The Morgan fingerprint density at radius 2 is 1.15 bits per heavy atom. The first-order valence-electron chi connectivity index (χ1n) is 12.3. The lowest BCUT2D eigenvalue weighted by Crippen LogP contribution is -2.06. The number of hydrogen-bond acceptors (Lipinski definition) is 2. The van der Waals surface area contributed by atoms with Gasteiger partial charge in [-0.3, -0.25) is 4.98 Å². The molecule has 6 rings (SSSR count). The maximum atomic E-state index is 13.8. The lowest BCUT2D eigenvalue weighted by atomic mass is 9.93. The molecule has 0 unspecified atom stereocenters. The molecule has 0 bridgehead atoms. The summed E-state index contributed by atoms with van der Waals surface area (Å²) in [5.74, 6) is 0. The van der Waals surface area contributed by atoms with Crippen LogP contribution in [0, 0.1) is 11.3 Å². The highest BCUT2D eigenvalue weighted by atomic mass is 19.4. The van der Waals surface area contributed by atoms with E-state index >= 15 is 0 Å². The summed E-state index contributed by atoms with van der Waals surface area (Å²) in [5, 5.41) is 10.8. The van der Waals surface area contributed by atoms with Crippen molar-refractivity contribution in [1.29, 1.82) is 5.26 Å². The number of nitriles is 1. The molecule has 2 aromatic heterocycles. The first-order valence-corrected chi connectivity index (χ1v) is 12.3. The number of rotatable bonds is 3. The SMILES string of the molecule is N#Cc1cc(-n2c3cc(C(F)(F)F)ccc3c3ccc(C(F)(F)F)cc32)c(-c2ccccc2)cc1-c1ccncc1. The number of pyridine rings is 1. The molecular formula is C32H17F6N3. The molecule has 202 valence electrons. The molecule has 0 aliphatic carbocycles. The van der Waals surface area contributed by atoms with Gasteiger partial charge in [-0.25, -0.2) is 0 Å². The van der Waals surface area contributed by atoms with Crippen molar-refractivity contribution in [2.24, 2.45) is 0 Å². The van der Waals surface area contributed by atoms with Gasteiger partial charge in [0.1, 0.15) is 0 Å². The molecule has 0 fully saturated rings. The van der Waals surface area contributed by atoms with Gasteiger partial charge < -0.3 is 4.57 Å². The molecule has 4 aromatic carbocycles. The average molecular weight is 557 g/mol. The minimum Gasteiger partial charge on any atom is -0.309 e. The Labute approximate surface area is 229 Å². The maximum absolute atomic E-state index is 13.8. The number of alkyl halides is 6. The smallest absolute Gasteiger partial charge is 0.309 e. The summed E-state index contributed by atoms with van der Waals surface area (Å²) < 4.78 is 84.3. The van der Waals surface area contributed by atoms with Crippen LogP contribution in [0.25, 0.3) is 49.7 Å².